The first-order chi connectivity index (χ1) is 8.26. The van der Waals surface area contributed by atoms with Crippen molar-refractivity contribution < 1.29 is 9.53 Å². The molecule has 0 spiro atoms. The van der Waals surface area contributed by atoms with Crippen molar-refractivity contribution >= 4 is 5.97 Å². The highest BCUT2D eigenvalue weighted by molar-refractivity contribution is 5.78. The number of rotatable bonds is 5. The maximum Gasteiger partial charge on any atom is 0.327 e. The van der Waals surface area contributed by atoms with Crippen LogP contribution in [0.5, 0.6) is 0 Å². The Hall–Kier alpha value is -1.35. The first kappa shape index (κ1) is 12.1. The van der Waals surface area contributed by atoms with E-state index in [0.717, 1.165) is 24.8 Å². The molecule has 1 aliphatic rings. The van der Waals surface area contributed by atoms with E-state index in [0.29, 0.717) is 6.04 Å². The van der Waals surface area contributed by atoms with Crippen LogP contribution in [-0.2, 0) is 16.0 Å². The Morgan fingerprint density at radius 3 is 2.76 bits per heavy atom. The maximum absolute atomic E-state index is 11.9. The van der Waals surface area contributed by atoms with E-state index in [-0.39, 0.29) is 12.0 Å². The fraction of sp³-hybridized carbons (Fsp3) is 0.500. The second-order valence-corrected chi connectivity index (χ2v) is 4.45. The number of benzene rings is 1. The van der Waals surface area contributed by atoms with E-state index in [1.165, 1.54) is 12.7 Å². The summed E-state index contributed by atoms with van der Waals surface area (Å²) in [6, 6.07) is 8.22. The predicted molar refractivity (Wildman–Crippen MR) is 66.7 cm³/mol. The van der Waals surface area contributed by atoms with Crippen LogP contribution in [-0.4, -0.2) is 19.1 Å². The van der Waals surface area contributed by atoms with Crippen molar-refractivity contribution in [1.82, 2.24) is 5.32 Å². The molecule has 1 aliphatic carbocycles. The van der Waals surface area contributed by atoms with Gasteiger partial charge in [0.25, 0.3) is 0 Å². The average molecular weight is 233 g/mol. The fourth-order valence-electron chi connectivity index (χ4n) is 2.03. The summed E-state index contributed by atoms with van der Waals surface area (Å²) in [5, 5.41) is 3.36. The highest BCUT2D eigenvalue weighted by Gasteiger charge is 2.30. The lowest BCUT2D eigenvalue weighted by molar-refractivity contribution is -0.143. The fourth-order valence-corrected chi connectivity index (χ4v) is 2.03. The minimum atomic E-state index is -0.316. The molecule has 0 bridgehead atoms. The number of aryl methyl sites for hydroxylation is 1. The van der Waals surface area contributed by atoms with Gasteiger partial charge in [-0.25, -0.2) is 4.79 Å². The molecular weight excluding hydrogens is 214 g/mol. The Labute approximate surface area is 102 Å². The van der Waals surface area contributed by atoms with Crippen molar-refractivity contribution in [2.45, 2.75) is 38.3 Å². The molecule has 3 heteroatoms. The van der Waals surface area contributed by atoms with Crippen molar-refractivity contribution in [2.24, 2.45) is 0 Å². The van der Waals surface area contributed by atoms with Crippen LogP contribution < -0.4 is 5.32 Å². The number of ether oxygens (including phenoxy) is 1. The Morgan fingerprint density at radius 2 is 2.18 bits per heavy atom. The van der Waals surface area contributed by atoms with Crippen LogP contribution in [0.1, 0.15) is 36.9 Å². The first-order valence-electron chi connectivity index (χ1n) is 6.18. The smallest absolute Gasteiger partial charge is 0.327 e. The molecule has 1 unspecified atom stereocenters. The SMILES string of the molecule is CCc1ccccc1C(NC1CC1)C(=O)OC. The minimum absolute atomic E-state index is 0.196. The van der Waals surface area contributed by atoms with E-state index in [4.69, 9.17) is 4.74 Å². The van der Waals surface area contributed by atoms with Gasteiger partial charge < -0.3 is 4.74 Å². The summed E-state index contributed by atoms with van der Waals surface area (Å²) < 4.78 is 4.89. The van der Waals surface area contributed by atoms with Crippen LogP contribution in [0.15, 0.2) is 24.3 Å². The largest absolute Gasteiger partial charge is 0.468 e. The lowest BCUT2D eigenvalue weighted by atomic mass is 9.98. The van der Waals surface area contributed by atoms with Crippen molar-refractivity contribution in [1.29, 1.82) is 0 Å². The summed E-state index contributed by atoms with van der Waals surface area (Å²) in [6.07, 6.45) is 3.24. The van der Waals surface area contributed by atoms with E-state index in [9.17, 15) is 4.79 Å². The van der Waals surface area contributed by atoms with Gasteiger partial charge >= 0.3 is 5.97 Å². The normalized spacial score (nSPS) is 16.6. The van der Waals surface area contributed by atoms with Gasteiger partial charge in [0.1, 0.15) is 6.04 Å². The number of carbonyl (C=O) groups excluding carboxylic acids is 1. The Kier molecular flexibility index (Phi) is 3.79. The molecule has 1 fully saturated rings. The van der Waals surface area contributed by atoms with Crippen LogP contribution >= 0.6 is 0 Å². The van der Waals surface area contributed by atoms with Crippen LogP contribution in [0, 0.1) is 0 Å². The van der Waals surface area contributed by atoms with E-state index in [1.807, 2.05) is 18.2 Å². The molecule has 0 amide bonds. The van der Waals surface area contributed by atoms with Crippen LogP contribution in [0.3, 0.4) is 0 Å². The predicted octanol–water partition coefficient (Wildman–Crippen LogP) is 2.22. The molecule has 1 atom stereocenters. The molecule has 0 radical (unpaired) electrons. The molecule has 17 heavy (non-hydrogen) atoms. The van der Waals surface area contributed by atoms with Gasteiger partial charge in [-0.05, 0) is 30.4 Å². The molecule has 0 heterocycles. The molecule has 0 aliphatic heterocycles. The highest BCUT2D eigenvalue weighted by atomic mass is 16.5. The lowest BCUT2D eigenvalue weighted by Crippen LogP contribution is -2.31. The van der Waals surface area contributed by atoms with Gasteiger partial charge in [-0.2, -0.15) is 0 Å². The van der Waals surface area contributed by atoms with Crippen molar-refractivity contribution in [3.63, 3.8) is 0 Å². The first-order valence-corrected chi connectivity index (χ1v) is 6.18. The topological polar surface area (TPSA) is 38.3 Å². The van der Waals surface area contributed by atoms with Gasteiger partial charge in [-0.15, -0.1) is 0 Å². The Bertz CT molecular complexity index is 399. The number of nitrogens with one attached hydrogen (secondary N) is 1. The third-order valence-corrected chi connectivity index (χ3v) is 3.16. The molecule has 92 valence electrons. The van der Waals surface area contributed by atoms with Crippen LogP contribution in [0.25, 0.3) is 0 Å². The standard InChI is InChI=1S/C14H19NO2/c1-3-10-6-4-5-7-12(10)13(14(16)17-2)15-11-8-9-11/h4-7,11,13,15H,3,8-9H2,1-2H3. The van der Waals surface area contributed by atoms with Gasteiger partial charge in [-0.1, -0.05) is 31.2 Å². The minimum Gasteiger partial charge on any atom is -0.468 e. The maximum atomic E-state index is 11.9. The zero-order valence-corrected chi connectivity index (χ0v) is 10.4. The lowest BCUT2D eigenvalue weighted by Gasteiger charge is -2.19. The molecule has 1 aromatic rings. The molecule has 0 saturated heterocycles. The summed E-state index contributed by atoms with van der Waals surface area (Å²) in [5.74, 6) is -0.196. The Morgan fingerprint density at radius 1 is 1.47 bits per heavy atom. The number of hydrogen-bond acceptors (Lipinski definition) is 3. The molecule has 2 rings (SSSR count). The third kappa shape index (κ3) is 2.86. The third-order valence-electron chi connectivity index (χ3n) is 3.16. The van der Waals surface area contributed by atoms with Crippen LogP contribution in [0.4, 0.5) is 0 Å². The quantitative estimate of drug-likeness (QED) is 0.792. The van der Waals surface area contributed by atoms with Gasteiger partial charge in [0.2, 0.25) is 0 Å². The van der Waals surface area contributed by atoms with E-state index < -0.39 is 0 Å². The molecular formula is C14H19NO2. The zero-order chi connectivity index (χ0) is 12.3. The molecule has 1 N–H and O–H groups in total. The van der Waals surface area contributed by atoms with Gasteiger partial charge in [0.05, 0.1) is 7.11 Å². The van der Waals surface area contributed by atoms with Gasteiger partial charge in [-0.3, -0.25) is 5.32 Å². The average Bonchev–Trinajstić information content (AvgIpc) is 3.19. The number of esters is 1. The van der Waals surface area contributed by atoms with Gasteiger partial charge in [0, 0.05) is 6.04 Å². The molecule has 3 nitrogen and oxygen atoms in total. The Balaban J connectivity index is 2.26. The number of methoxy groups -OCH3 is 1. The van der Waals surface area contributed by atoms with Crippen molar-refractivity contribution in [3.05, 3.63) is 35.4 Å². The zero-order valence-electron chi connectivity index (χ0n) is 10.4. The highest BCUT2D eigenvalue weighted by Crippen LogP contribution is 2.26. The summed E-state index contributed by atoms with van der Waals surface area (Å²) in [4.78, 5) is 11.9. The second-order valence-electron chi connectivity index (χ2n) is 4.45. The van der Waals surface area contributed by atoms with E-state index in [1.54, 1.807) is 0 Å². The van der Waals surface area contributed by atoms with Gasteiger partial charge in [0.15, 0.2) is 0 Å². The van der Waals surface area contributed by atoms with Crippen molar-refractivity contribution in [2.75, 3.05) is 7.11 Å². The molecule has 0 aromatic heterocycles. The monoisotopic (exact) mass is 233 g/mol. The summed E-state index contributed by atoms with van der Waals surface area (Å²) in [6.45, 7) is 2.10. The second kappa shape index (κ2) is 5.32. The van der Waals surface area contributed by atoms with E-state index in [2.05, 4.69) is 18.3 Å². The summed E-state index contributed by atoms with van der Waals surface area (Å²) in [7, 11) is 1.44. The molecule has 1 saturated carbocycles. The number of hydrogen-bond donors (Lipinski definition) is 1. The summed E-state index contributed by atoms with van der Waals surface area (Å²) >= 11 is 0. The van der Waals surface area contributed by atoms with E-state index >= 15 is 0 Å². The number of carbonyl (C=O) groups is 1. The molecule has 1 aromatic carbocycles. The van der Waals surface area contributed by atoms with Crippen LogP contribution in [0.2, 0.25) is 0 Å². The van der Waals surface area contributed by atoms with Crippen molar-refractivity contribution in [3.8, 4) is 0 Å². The summed E-state index contributed by atoms with van der Waals surface area (Å²) in [5.41, 5.74) is 2.25.